The maximum Gasteiger partial charge on any atom is 0.250 e. The number of rotatable bonds is 2. The van der Waals surface area contributed by atoms with Crippen molar-refractivity contribution in [1.82, 2.24) is 19.8 Å². The lowest BCUT2D eigenvalue weighted by Gasteiger charge is -2.46. The summed E-state index contributed by atoms with van der Waals surface area (Å²) in [5.74, 6) is 2.02. The molecule has 0 aromatic carbocycles. The van der Waals surface area contributed by atoms with Gasteiger partial charge in [-0.05, 0) is 31.6 Å². The predicted molar refractivity (Wildman–Crippen MR) is 99.8 cm³/mol. The summed E-state index contributed by atoms with van der Waals surface area (Å²) in [6.45, 7) is 4.09. The maximum atomic E-state index is 12.9. The zero-order valence-corrected chi connectivity index (χ0v) is 16.3. The highest BCUT2D eigenvalue weighted by Crippen LogP contribution is 2.41. The smallest absolute Gasteiger partial charge is 0.250 e. The van der Waals surface area contributed by atoms with E-state index in [2.05, 4.69) is 17.2 Å². The summed E-state index contributed by atoms with van der Waals surface area (Å²) >= 11 is 0. The van der Waals surface area contributed by atoms with Crippen LogP contribution >= 0.6 is 0 Å². The molecule has 2 aliphatic heterocycles. The molecule has 1 atom stereocenters. The fourth-order valence-corrected chi connectivity index (χ4v) is 4.89. The summed E-state index contributed by atoms with van der Waals surface area (Å²) in [5, 5.41) is 2.69. The number of amides is 2. The van der Waals surface area contributed by atoms with E-state index in [1.165, 1.54) is 0 Å². The van der Waals surface area contributed by atoms with Crippen LogP contribution in [0.2, 0.25) is 0 Å². The van der Waals surface area contributed by atoms with Crippen LogP contribution in [0.25, 0.3) is 0 Å². The van der Waals surface area contributed by atoms with Gasteiger partial charge in [0.15, 0.2) is 6.10 Å². The van der Waals surface area contributed by atoms with Crippen molar-refractivity contribution < 1.29 is 14.3 Å². The second-order valence-corrected chi connectivity index (χ2v) is 8.40. The van der Waals surface area contributed by atoms with Crippen molar-refractivity contribution in [2.75, 3.05) is 20.1 Å². The zero-order chi connectivity index (χ0) is 19.0. The van der Waals surface area contributed by atoms with Crippen molar-refractivity contribution in [1.29, 1.82) is 0 Å². The standard InChI is InChI=1S/C20H30N4O3/c1-14-3-5-15(6-4-14)18(26)23-10-7-20(8-11-23)19-22-9-12-24(19)13-16(27-20)17(25)21-2/h9,12,14-16H,3-8,10-11,13H2,1-2H3,(H,21,25). The molecule has 1 aromatic heterocycles. The molecule has 1 spiro atoms. The van der Waals surface area contributed by atoms with Gasteiger partial charge in [0.05, 0.1) is 6.54 Å². The first-order valence-corrected chi connectivity index (χ1v) is 10.2. The van der Waals surface area contributed by atoms with Gasteiger partial charge in [-0.1, -0.05) is 6.92 Å². The number of fused-ring (bicyclic) bond motifs is 2. The van der Waals surface area contributed by atoms with Gasteiger partial charge in [0.1, 0.15) is 11.4 Å². The molecule has 27 heavy (non-hydrogen) atoms. The van der Waals surface area contributed by atoms with Crippen LogP contribution < -0.4 is 5.32 Å². The minimum atomic E-state index is -0.573. The third-order valence-electron chi connectivity index (χ3n) is 6.64. The number of aromatic nitrogens is 2. The topological polar surface area (TPSA) is 76.5 Å². The van der Waals surface area contributed by atoms with Gasteiger partial charge in [0, 0.05) is 51.3 Å². The molecular weight excluding hydrogens is 344 g/mol. The lowest BCUT2D eigenvalue weighted by molar-refractivity contribution is -0.176. The summed E-state index contributed by atoms with van der Waals surface area (Å²) in [7, 11) is 1.63. The van der Waals surface area contributed by atoms with E-state index in [0.29, 0.717) is 38.4 Å². The highest BCUT2D eigenvalue weighted by Gasteiger charge is 2.48. The fraction of sp³-hybridized carbons (Fsp3) is 0.750. The Bertz CT molecular complexity index is 700. The highest BCUT2D eigenvalue weighted by atomic mass is 16.5. The number of hydrogen-bond donors (Lipinski definition) is 1. The molecule has 1 unspecified atom stereocenters. The van der Waals surface area contributed by atoms with Gasteiger partial charge in [0.25, 0.3) is 5.91 Å². The number of imidazole rings is 1. The monoisotopic (exact) mass is 374 g/mol. The second-order valence-electron chi connectivity index (χ2n) is 8.40. The van der Waals surface area contributed by atoms with Crippen LogP contribution in [0.15, 0.2) is 12.4 Å². The van der Waals surface area contributed by atoms with Gasteiger partial charge >= 0.3 is 0 Å². The molecule has 7 nitrogen and oxygen atoms in total. The van der Waals surface area contributed by atoms with Gasteiger partial charge in [-0.2, -0.15) is 0 Å². The van der Waals surface area contributed by atoms with Gasteiger partial charge in [-0.3, -0.25) is 9.59 Å². The lowest BCUT2D eigenvalue weighted by Crippen LogP contribution is -2.55. The number of carbonyl (C=O) groups is 2. The van der Waals surface area contributed by atoms with E-state index in [-0.39, 0.29) is 11.8 Å². The quantitative estimate of drug-likeness (QED) is 0.854. The molecule has 7 heteroatoms. The molecular formula is C20H30N4O3. The van der Waals surface area contributed by atoms with E-state index in [1.807, 2.05) is 15.7 Å². The molecule has 1 aliphatic carbocycles. The Morgan fingerprint density at radius 3 is 2.59 bits per heavy atom. The average molecular weight is 374 g/mol. The molecule has 2 fully saturated rings. The fourth-order valence-electron chi connectivity index (χ4n) is 4.89. The molecule has 2 amide bonds. The van der Waals surface area contributed by atoms with E-state index in [9.17, 15) is 9.59 Å². The number of likely N-dealkylation sites (N-methyl/N-ethyl adjacent to an activating group) is 1. The van der Waals surface area contributed by atoms with E-state index in [0.717, 1.165) is 37.4 Å². The summed E-state index contributed by atoms with van der Waals surface area (Å²) < 4.78 is 8.34. The van der Waals surface area contributed by atoms with Gasteiger partial charge in [-0.15, -0.1) is 0 Å². The molecule has 148 valence electrons. The van der Waals surface area contributed by atoms with Crippen molar-refractivity contribution in [2.24, 2.45) is 11.8 Å². The normalized spacial score (nSPS) is 30.0. The highest BCUT2D eigenvalue weighted by molar-refractivity contribution is 5.80. The number of piperidine rings is 1. The summed E-state index contributed by atoms with van der Waals surface area (Å²) in [6.07, 6.45) is 8.88. The number of likely N-dealkylation sites (tertiary alicyclic amines) is 1. The Hall–Kier alpha value is -1.89. The van der Waals surface area contributed by atoms with Gasteiger partial charge < -0.3 is 19.5 Å². The van der Waals surface area contributed by atoms with Crippen molar-refractivity contribution >= 4 is 11.8 Å². The average Bonchev–Trinajstić information content (AvgIpc) is 3.18. The number of carbonyl (C=O) groups excluding carboxylic acids is 2. The van der Waals surface area contributed by atoms with Gasteiger partial charge in [0.2, 0.25) is 5.91 Å². The lowest BCUT2D eigenvalue weighted by atomic mass is 9.81. The molecule has 1 N–H and O–H groups in total. The van der Waals surface area contributed by atoms with E-state index < -0.39 is 11.7 Å². The minimum Gasteiger partial charge on any atom is -0.357 e. The number of nitrogens with zero attached hydrogens (tertiary/aromatic N) is 3. The molecule has 0 bridgehead atoms. The van der Waals surface area contributed by atoms with Crippen LogP contribution in [0.4, 0.5) is 0 Å². The Morgan fingerprint density at radius 2 is 1.93 bits per heavy atom. The Morgan fingerprint density at radius 1 is 1.22 bits per heavy atom. The predicted octanol–water partition coefficient (Wildman–Crippen LogP) is 1.67. The van der Waals surface area contributed by atoms with Crippen molar-refractivity contribution in [2.45, 2.75) is 63.7 Å². The molecule has 0 radical (unpaired) electrons. The minimum absolute atomic E-state index is 0.108. The second kappa shape index (κ2) is 7.26. The molecule has 3 aliphatic rings. The van der Waals surface area contributed by atoms with Crippen molar-refractivity contribution in [3.05, 3.63) is 18.2 Å². The molecule has 4 rings (SSSR count). The third kappa shape index (κ3) is 3.37. The van der Waals surface area contributed by atoms with Crippen LogP contribution in [0.5, 0.6) is 0 Å². The Balaban J connectivity index is 1.46. The van der Waals surface area contributed by atoms with Crippen molar-refractivity contribution in [3.63, 3.8) is 0 Å². The summed E-state index contributed by atoms with van der Waals surface area (Å²) in [6, 6.07) is 0. The molecule has 1 aromatic rings. The molecule has 1 saturated heterocycles. The number of nitrogens with one attached hydrogen (secondary N) is 1. The van der Waals surface area contributed by atoms with Crippen molar-refractivity contribution in [3.8, 4) is 0 Å². The number of hydrogen-bond acceptors (Lipinski definition) is 4. The largest absolute Gasteiger partial charge is 0.357 e. The molecule has 3 heterocycles. The Kier molecular flexibility index (Phi) is 4.97. The maximum absolute atomic E-state index is 12.9. The summed E-state index contributed by atoms with van der Waals surface area (Å²) in [5.41, 5.74) is -0.573. The zero-order valence-electron chi connectivity index (χ0n) is 16.3. The van der Waals surface area contributed by atoms with Crippen LogP contribution in [0.1, 0.15) is 51.3 Å². The Labute approximate surface area is 160 Å². The first-order chi connectivity index (χ1) is 13.0. The molecule has 1 saturated carbocycles. The summed E-state index contributed by atoms with van der Waals surface area (Å²) in [4.78, 5) is 31.7. The van der Waals surface area contributed by atoms with E-state index in [1.54, 1.807) is 13.2 Å². The first-order valence-electron chi connectivity index (χ1n) is 10.2. The van der Waals surface area contributed by atoms with E-state index in [4.69, 9.17) is 4.74 Å². The van der Waals surface area contributed by atoms with E-state index >= 15 is 0 Å². The van der Waals surface area contributed by atoms with Crippen LogP contribution in [0.3, 0.4) is 0 Å². The van der Waals surface area contributed by atoms with Crippen LogP contribution in [-0.2, 0) is 26.5 Å². The van der Waals surface area contributed by atoms with Crippen LogP contribution in [-0.4, -0.2) is 52.5 Å². The third-order valence-corrected chi connectivity index (χ3v) is 6.64. The SMILES string of the molecule is CNC(=O)C1Cn2ccnc2C2(CCN(C(=O)C3CCC(C)CC3)CC2)O1. The van der Waals surface area contributed by atoms with Gasteiger partial charge in [-0.25, -0.2) is 4.98 Å². The first kappa shape index (κ1) is 18.5. The van der Waals surface area contributed by atoms with Crippen LogP contribution in [0, 0.1) is 11.8 Å². The number of ether oxygens (including phenoxy) is 1.